The second kappa shape index (κ2) is 15.9. The van der Waals surface area contributed by atoms with Crippen LogP contribution in [0.5, 0.6) is 0 Å². The van der Waals surface area contributed by atoms with E-state index < -0.39 is 12.1 Å². The molecule has 3 N–H and O–H groups in total. The number of benzene rings is 3. The number of aromatic nitrogens is 4. The molecule has 56 heavy (non-hydrogen) atoms. The monoisotopic (exact) mass is 753 g/mol. The molecule has 0 bridgehead atoms. The summed E-state index contributed by atoms with van der Waals surface area (Å²) in [6.45, 7) is 2.55. The van der Waals surface area contributed by atoms with Gasteiger partial charge in [0.25, 0.3) is 5.91 Å². The van der Waals surface area contributed by atoms with E-state index in [0.717, 1.165) is 102 Å². The lowest BCUT2D eigenvalue weighted by molar-refractivity contribution is -0.142. The number of hydrogen-bond acceptors (Lipinski definition) is 7. The van der Waals surface area contributed by atoms with Crippen molar-refractivity contribution in [3.8, 4) is 33.6 Å². The Morgan fingerprint density at radius 1 is 0.625 bits per heavy atom. The number of likely N-dealkylation sites (tertiary alicyclic amines) is 2. The molecule has 0 saturated carbocycles. The third kappa shape index (κ3) is 7.26. The standard InChI is InChI=1S/C44H47N7O5/c52-42(37-12-6-24-55-37)49-39(32-8-2-1-3-9-32)44(54)51-23-5-11-36(51)41-46-27-34(48-41)31-20-16-29(17-21-31)28-14-18-30(19-15-28)33-26-45-40(47-33)35-10-4-22-50(35)43(53)38-13-7-25-56-38/h1-3,8-9,14-21,26-27,35-39H,4-7,10-13,22-25H2,(H,45,47)(H,46,48)(H,49,52)/t35-,36-,37-,38-,39+/m0/s1. The smallest absolute Gasteiger partial charge is 0.252 e. The van der Waals surface area contributed by atoms with Crippen molar-refractivity contribution in [2.75, 3.05) is 26.3 Å². The second-order valence-corrected chi connectivity index (χ2v) is 15.3. The Morgan fingerprint density at radius 3 is 1.70 bits per heavy atom. The summed E-state index contributed by atoms with van der Waals surface area (Å²) in [6, 6.07) is 25.1. The quantitative estimate of drug-likeness (QED) is 0.144. The van der Waals surface area contributed by atoms with Crippen LogP contribution in [-0.2, 0) is 23.9 Å². The summed E-state index contributed by atoms with van der Waals surface area (Å²) in [5.41, 5.74) is 6.75. The lowest BCUT2D eigenvalue weighted by atomic mass is 10.0. The molecule has 0 aliphatic carbocycles. The fourth-order valence-corrected chi connectivity index (χ4v) is 8.70. The Bertz CT molecular complexity index is 2150. The maximum Gasteiger partial charge on any atom is 0.252 e. The fraction of sp³-hybridized carbons (Fsp3) is 0.386. The van der Waals surface area contributed by atoms with Crippen molar-refractivity contribution in [2.45, 2.75) is 81.7 Å². The van der Waals surface area contributed by atoms with E-state index in [1.54, 1.807) is 0 Å². The molecule has 4 saturated heterocycles. The van der Waals surface area contributed by atoms with Crippen molar-refractivity contribution >= 4 is 17.7 Å². The van der Waals surface area contributed by atoms with E-state index in [-0.39, 0.29) is 35.9 Å². The molecule has 9 rings (SSSR count). The van der Waals surface area contributed by atoms with E-state index in [4.69, 9.17) is 19.4 Å². The van der Waals surface area contributed by atoms with Gasteiger partial charge < -0.3 is 34.6 Å². The number of amides is 3. The van der Waals surface area contributed by atoms with Gasteiger partial charge in [0.1, 0.15) is 29.9 Å². The Kier molecular flexibility index (Phi) is 10.2. The van der Waals surface area contributed by atoms with Gasteiger partial charge in [0.2, 0.25) is 11.8 Å². The number of rotatable bonds is 10. The number of carbonyl (C=O) groups excluding carboxylic acids is 3. The average Bonchev–Trinajstić information content (AvgIpc) is 4.10. The number of hydrogen-bond donors (Lipinski definition) is 3. The van der Waals surface area contributed by atoms with Gasteiger partial charge in [0.05, 0.1) is 35.9 Å². The van der Waals surface area contributed by atoms with E-state index in [1.807, 2.05) is 52.5 Å². The lowest BCUT2D eigenvalue weighted by Gasteiger charge is -2.29. The molecule has 0 radical (unpaired) electrons. The number of nitrogens with zero attached hydrogens (tertiary/aromatic N) is 4. The zero-order valence-electron chi connectivity index (χ0n) is 31.4. The highest BCUT2D eigenvalue weighted by molar-refractivity contribution is 5.90. The van der Waals surface area contributed by atoms with Crippen molar-refractivity contribution < 1.29 is 23.9 Å². The summed E-state index contributed by atoms with van der Waals surface area (Å²) in [5.74, 6) is 1.26. The SMILES string of the molecule is O=C(N[C@@H](C(=O)N1CCC[C@H]1c1ncc(-c2ccc(-c3ccc(-c4cnc([C@@H]5CCCN5C(=O)[C@@H]5CCCO5)[nH]4)cc3)cc2)[nH]1)c1ccccc1)[C@@H]1CCCO1. The topological polar surface area (TPSA) is 146 Å². The van der Waals surface area contributed by atoms with Crippen LogP contribution in [0.2, 0.25) is 0 Å². The van der Waals surface area contributed by atoms with Gasteiger partial charge in [-0.3, -0.25) is 14.4 Å². The molecule has 4 aliphatic heterocycles. The first kappa shape index (κ1) is 36.1. The molecule has 12 nitrogen and oxygen atoms in total. The first-order valence-corrected chi connectivity index (χ1v) is 20.0. The largest absolute Gasteiger partial charge is 0.368 e. The molecule has 0 unspecified atom stereocenters. The summed E-state index contributed by atoms with van der Waals surface area (Å²) in [7, 11) is 0. The zero-order chi connectivity index (χ0) is 38.0. The van der Waals surface area contributed by atoms with Gasteiger partial charge in [0, 0.05) is 26.3 Å². The highest BCUT2D eigenvalue weighted by Gasteiger charge is 2.39. The van der Waals surface area contributed by atoms with Crippen molar-refractivity contribution in [3.63, 3.8) is 0 Å². The van der Waals surface area contributed by atoms with E-state index >= 15 is 0 Å². The van der Waals surface area contributed by atoms with Gasteiger partial charge in [0.15, 0.2) is 0 Å². The zero-order valence-corrected chi connectivity index (χ0v) is 31.4. The van der Waals surface area contributed by atoms with Gasteiger partial charge in [-0.05, 0) is 79.2 Å². The molecule has 6 heterocycles. The van der Waals surface area contributed by atoms with Crippen LogP contribution < -0.4 is 5.32 Å². The Hall–Kier alpha value is -5.59. The average molecular weight is 754 g/mol. The number of carbonyl (C=O) groups is 3. The third-order valence-electron chi connectivity index (χ3n) is 11.7. The van der Waals surface area contributed by atoms with E-state index in [0.29, 0.717) is 26.2 Å². The molecule has 288 valence electrons. The summed E-state index contributed by atoms with van der Waals surface area (Å²) < 4.78 is 11.3. The minimum Gasteiger partial charge on any atom is -0.368 e. The third-order valence-corrected chi connectivity index (χ3v) is 11.7. The molecule has 0 spiro atoms. The maximum atomic E-state index is 14.2. The molecule has 3 aromatic carbocycles. The Morgan fingerprint density at radius 2 is 1.14 bits per heavy atom. The van der Waals surface area contributed by atoms with E-state index in [2.05, 4.69) is 63.8 Å². The van der Waals surface area contributed by atoms with Gasteiger partial charge >= 0.3 is 0 Å². The summed E-state index contributed by atoms with van der Waals surface area (Å²) in [4.78, 5) is 60.6. The summed E-state index contributed by atoms with van der Waals surface area (Å²) in [6.07, 6.45) is 9.56. The summed E-state index contributed by atoms with van der Waals surface area (Å²) >= 11 is 0. The van der Waals surface area contributed by atoms with Gasteiger partial charge in [-0.15, -0.1) is 0 Å². The maximum absolute atomic E-state index is 14.2. The molecule has 3 amide bonds. The predicted molar refractivity (Wildman–Crippen MR) is 210 cm³/mol. The Balaban J connectivity index is 0.859. The van der Waals surface area contributed by atoms with Crippen LogP contribution in [0.25, 0.3) is 33.6 Å². The van der Waals surface area contributed by atoms with Crippen LogP contribution in [0.15, 0.2) is 91.3 Å². The molecule has 2 aromatic heterocycles. The van der Waals surface area contributed by atoms with Crippen LogP contribution in [0.3, 0.4) is 0 Å². The fourth-order valence-electron chi connectivity index (χ4n) is 8.70. The first-order chi connectivity index (χ1) is 27.5. The van der Waals surface area contributed by atoms with Crippen LogP contribution >= 0.6 is 0 Å². The molecule has 5 aromatic rings. The van der Waals surface area contributed by atoms with Crippen molar-refractivity contribution in [1.29, 1.82) is 0 Å². The minimum absolute atomic E-state index is 0.0491. The van der Waals surface area contributed by atoms with Crippen molar-refractivity contribution in [3.05, 3.63) is 108 Å². The number of imidazole rings is 2. The van der Waals surface area contributed by atoms with Crippen LogP contribution in [0.4, 0.5) is 0 Å². The Labute approximate surface area is 326 Å². The van der Waals surface area contributed by atoms with Crippen LogP contribution in [0, 0.1) is 0 Å². The normalized spacial score (nSPS) is 22.8. The number of aromatic amines is 2. The predicted octanol–water partition coefficient (Wildman–Crippen LogP) is 6.68. The minimum atomic E-state index is -0.807. The van der Waals surface area contributed by atoms with Gasteiger partial charge in [-0.1, -0.05) is 78.9 Å². The summed E-state index contributed by atoms with van der Waals surface area (Å²) in [5, 5.41) is 3.00. The molecular weight excluding hydrogens is 707 g/mol. The second-order valence-electron chi connectivity index (χ2n) is 15.3. The molecule has 12 heteroatoms. The highest BCUT2D eigenvalue weighted by atomic mass is 16.5. The van der Waals surface area contributed by atoms with Gasteiger partial charge in [-0.25, -0.2) is 9.97 Å². The number of nitrogens with one attached hydrogen (secondary N) is 3. The number of H-pyrrole nitrogens is 2. The van der Waals surface area contributed by atoms with Gasteiger partial charge in [-0.2, -0.15) is 0 Å². The molecular formula is C44H47N7O5. The van der Waals surface area contributed by atoms with E-state index in [1.165, 1.54) is 0 Å². The molecule has 4 fully saturated rings. The van der Waals surface area contributed by atoms with Crippen molar-refractivity contribution in [1.82, 2.24) is 35.1 Å². The number of ether oxygens (including phenoxy) is 2. The molecule has 4 aliphatic rings. The van der Waals surface area contributed by atoms with Crippen molar-refractivity contribution in [2.24, 2.45) is 0 Å². The van der Waals surface area contributed by atoms with Crippen LogP contribution in [-0.4, -0.2) is 86.0 Å². The first-order valence-electron chi connectivity index (χ1n) is 20.0. The van der Waals surface area contributed by atoms with Crippen LogP contribution in [0.1, 0.15) is 86.7 Å². The lowest BCUT2D eigenvalue weighted by Crippen LogP contribution is -2.45. The molecule has 5 atom stereocenters. The van der Waals surface area contributed by atoms with E-state index in [9.17, 15) is 14.4 Å². The highest BCUT2D eigenvalue weighted by Crippen LogP contribution is 2.36.